The van der Waals surface area contributed by atoms with Crippen molar-refractivity contribution in [2.24, 2.45) is 0 Å². The van der Waals surface area contributed by atoms with Gasteiger partial charge in [-0.1, -0.05) is 34.1 Å². The quantitative estimate of drug-likeness (QED) is 0.365. The van der Waals surface area contributed by atoms with Gasteiger partial charge in [0.2, 0.25) is 5.43 Å². The first kappa shape index (κ1) is 26.2. The number of hydrogen-bond acceptors (Lipinski definition) is 6. The normalized spacial score (nSPS) is 21.2. The third-order valence-corrected chi connectivity index (χ3v) is 12.4. The van der Waals surface area contributed by atoms with Crippen LogP contribution in [0.15, 0.2) is 15.5 Å². The molecular formula is C23H38BrN3O5Si. The van der Waals surface area contributed by atoms with Crippen LogP contribution in [-0.4, -0.2) is 69.5 Å². The molecule has 0 aliphatic carbocycles. The Hall–Kier alpha value is -1.36. The second-order valence-corrected chi connectivity index (χ2v) is 16.1. The molecule has 3 rings (SSSR count). The zero-order valence-electron chi connectivity index (χ0n) is 21.0. The summed E-state index contributed by atoms with van der Waals surface area (Å²) in [6.45, 7) is 15.6. The number of nitrogens with zero attached hydrogens (tertiary/aromatic N) is 3. The number of unbranched alkanes of at least 4 members (excludes halogenated alkanes) is 1. The molecule has 1 saturated heterocycles. The molecule has 8 nitrogen and oxygen atoms in total. The second kappa shape index (κ2) is 9.71. The molecule has 1 aromatic rings. The monoisotopic (exact) mass is 543 g/mol. The Balaban J connectivity index is 2.04. The van der Waals surface area contributed by atoms with E-state index in [2.05, 4.69) is 61.7 Å². The van der Waals surface area contributed by atoms with Crippen molar-refractivity contribution in [3.63, 3.8) is 0 Å². The number of rotatable bonds is 8. The Kier molecular flexibility index (Phi) is 7.72. The zero-order chi connectivity index (χ0) is 24.6. The van der Waals surface area contributed by atoms with E-state index in [-0.39, 0.29) is 27.8 Å². The van der Waals surface area contributed by atoms with Gasteiger partial charge in [0.15, 0.2) is 25.4 Å². The lowest BCUT2D eigenvalue weighted by molar-refractivity contribution is 0.0283. The molecule has 0 aromatic carbocycles. The van der Waals surface area contributed by atoms with Gasteiger partial charge in [-0.2, -0.15) is 0 Å². The van der Waals surface area contributed by atoms with E-state index in [4.69, 9.17) is 13.9 Å². The van der Waals surface area contributed by atoms with Gasteiger partial charge in [0.25, 0.3) is 5.91 Å². The molecule has 1 spiro atoms. The second-order valence-electron chi connectivity index (χ2n) is 10.4. The summed E-state index contributed by atoms with van der Waals surface area (Å²) in [7, 11) is -0.165. The van der Waals surface area contributed by atoms with E-state index in [1.165, 1.54) is 0 Å². The molecule has 10 heteroatoms. The molecule has 2 aliphatic rings. The summed E-state index contributed by atoms with van der Waals surface area (Å²) in [6, 6.07) is 0. The Morgan fingerprint density at radius 1 is 1.24 bits per heavy atom. The average molecular weight is 545 g/mol. The topological polar surface area (TPSA) is 73.2 Å². The Morgan fingerprint density at radius 2 is 1.94 bits per heavy atom. The van der Waals surface area contributed by atoms with Gasteiger partial charge < -0.3 is 18.8 Å². The van der Waals surface area contributed by atoms with Crippen molar-refractivity contribution in [2.75, 3.05) is 45.0 Å². The van der Waals surface area contributed by atoms with Gasteiger partial charge in [0.1, 0.15) is 0 Å². The molecule has 1 aromatic heterocycles. The number of ether oxygens (including phenoxy) is 2. The van der Waals surface area contributed by atoms with Crippen molar-refractivity contribution in [1.82, 2.24) is 9.58 Å². The van der Waals surface area contributed by atoms with Gasteiger partial charge >= 0.3 is 0 Å². The van der Waals surface area contributed by atoms with E-state index in [0.29, 0.717) is 43.9 Å². The Bertz CT molecular complexity index is 937. The summed E-state index contributed by atoms with van der Waals surface area (Å²) in [5.74, 6) is -0.142. The van der Waals surface area contributed by atoms with Crippen LogP contribution < -0.4 is 15.2 Å². The van der Waals surface area contributed by atoms with Crippen LogP contribution in [0.25, 0.3) is 0 Å². The first-order valence-electron chi connectivity index (χ1n) is 11.7. The molecular weight excluding hydrogens is 506 g/mol. The van der Waals surface area contributed by atoms with Crippen molar-refractivity contribution in [1.29, 1.82) is 0 Å². The maximum Gasteiger partial charge on any atom is 0.278 e. The highest BCUT2D eigenvalue weighted by atomic mass is 79.9. The van der Waals surface area contributed by atoms with Gasteiger partial charge in [-0.25, -0.2) is 0 Å². The highest BCUT2D eigenvalue weighted by Crippen LogP contribution is 2.38. The molecule has 0 saturated carbocycles. The van der Waals surface area contributed by atoms with Crippen molar-refractivity contribution in [3.8, 4) is 5.75 Å². The van der Waals surface area contributed by atoms with Gasteiger partial charge in [0, 0.05) is 19.7 Å². The molecule has 0 N–H and O–H groups in total. The summed E-state index contributed by atoms with van der Waals surface area (Å²) in [5.41, 5.74) is -0.697. The fourth-order valence-electron chi connectivity index (χ4n) is 4.04. The van der Waals surface area contributed by atoms with Crippen molar-refractivity contribution < 1.29 is 18.7 Å². The minimum Gasteiger partial charge on any atom is -0.487 e. The number of likely N-dealkylation sites (N-methyl/N-ethyl adjacent to an activating group) is 1. The SMILES string of the molecule is CCCCOc1c2n(cc(Br)c1=O)N(CCO[Si](C)(C)C(C)(C)C)C1(CCOC1)N(C)C2=O. The molecule has 186 valence electrons. The van der Waals surface area contributed by atoms with Gasteiger partial charge in [-0.3, -0.25) is 19.3 Å². The summed E-state index contributed by atoms with van der Waals surface area (Å²) in [5, 5.41) is 2.21. The van der Waals surface area contributed by atoms with Crippen molar-refractivity contribution in [3.05, 3.63) is 26.6 Å². The van der Waals surface area contributed by atoms with Gasteiger partial charge in [0.05, 0.1) is 37.4 Å². The minimum absolute atomic E-state index is 0.0961. The first-order chi connectivity index (χ1) is 15.4. The highest BCUT2D eigenvalue weighted by molar-refractivity contribution is 9.10. The number of halogens is 1. The van der Waals surface area contributed by atoms with Crippen molar-refractivity contribution in [2.45, 2.75) is 70.8 Å². The van der Waals surface area contributed by atoms with Crippen LogP contribution in [0.3, 0.4) is 0 Å². The number of fused-ring (bicyclic) bond motifs is 1. The van der Waals surface area contributed by atoms with Crippen LogP contribution >= 0.6 is 15.9 Å². The molecule has 1 unspecified atom stereocenters. The van der Waals surface area contributed by atoms with Crippen LogP contribution in [0.5, 0.6) is 5.75 Å². The molecule has 33 heavy (non-hydrogen) atoms. The molecule has 1 amide bonds. The van der Waals surface area contributed by atoms with Crippen molar-refractivity contribution >= 4 is 30.2 Å². The predicted molar refractivity (Wildman–Crippen MR) is 135 cm³/mol. The third-order valence-electron chi connectivity index (χ3n) is 7.27. The lowest BCUT2D eigenvalue weighted by atomic mass is 10.0. The average Bonchev–Trinajstić information content (AvgIpc) is 3.22. The summed E-state index contributed by atoms with van der Waals surface area (Å²) in [4.78, 5) is 28.2. The standard InChI is InChI=1S/C23H38BrN3O5Si/c1-8-9-12-31-20-18-21(29)25(5)23(10-13-30-16-23)27(26(18)15-17(24)19(20)28)11-14-32-33(6,7)22(2,3)4/h15H,8-14,16H2,1-7H3. The molecule has 1 fully saturated rings. The van der Waals surface area contributed by atoms with E-state index in [1.54, 1.807) is 22.8 Å². The predicted octanol–water partition coefficient (Wildman–Crippen LogP) is 3.95. The molecule has 0 radical (unpaired) electrons. The Morgan fingerprint density at radius 3 is 2.52 bits per heavy atom. The largest absolute Gasteiger partial charge is 0.487 e. The van der Waals surface area contributed by atoms with Crippen LogP contribution in [0.1, 0.15) is 57.4 Å². The number of aromatic nitrogens is 1. The lowest BCUT2D eigenvalue weighted by Gasteiger charge is -2.52. The first-order valence-corrected chi connectivity index (χ1v) is 15.4. The molecule has 3 heterocycles. The van der Waals surface area contributed by atoms with Crippen LogP contribution in [0, 0.1) is 0 Å². The van der Waals surface area contributed by atoms with Crippen LogP contribution in [-0.2, 0) is 9.16 Å². The number of amides is 1. The fourth-order valence-corrected chi connectivity index (χ4v) is 5.45. The molecule has 2 aliphatic heterocycles. The van der Waals surface area contributed by atoms with E-state index in [9.17, 15) is 9.59 Å². The summed E-state index contributed by atoms with van der Waals surface area (Å²) >= 11 is 3.40. The maximum atomic E-state index is 13.6. The zero-order valence-corrected chi connectivity index (χ0v) is 23.6. The number of carbonyl (C=O) groups is 1. The van der Waals surface area contributed by atoms with Gasteiger partial charge in [-0.05, 0) is 40.5 Å². The summed E-state index contributed by atoms with van der Waals surface area (Å²) in [6.07, 6.45) is 4.09. The molecule has 0 bridgehead atoms. The Labute approximate surface area is 206 Å². The van der Waals surface area contributed by atoms with E-state index in [0.717, 1.165) is 12.8 Å². The van der Waals surface area contributed by atoms with E-state index in [1.807, 2.05) is 0 Å². The van der Waals surface area contributed by atoms with E-state index >= 15 is 0 Å². The maximum absolute atomic E-state index is 13.6. The highest BCUT2D eigenvalue weighted by Gasteiger charge is 2.52. The smallest absolute Gasteiger partial charge is 0.278 e. The third kappa shape index (κ3) is 4.76. The number of hydrogen-bond donors (Lipinski definition) is 0. The van der Waals surface area contributed by atoms with Gasteiger partial charge in [-0.15, -0.1) is 0 Å². The van der Waals surface area contributed by atoms with Crippen LogP contribution in [0.4, 0.5) is 0 Å². The van der Waals surface area contributed by atoms with Crippen LogP contribution in [0.2, 0.25) is 18.1 Å². The number of pyridine rings is 1. The summed E-state index contributed by atoms with van der Waals surface area (Å²) < 4.78 is 20.3. The van der Waals surface area contributed by atoms with E-state index < -0.39 is 14.0 Å². The lowest BCUT2D eigenvalue weighted by Crippen LogP contribution is -2.70. The number of carbonyl (C=O) groups excluding carboxylic acids is 1. The minimum atomic E-state index is -1.95. The molecule has 1 atom stereocenters. The fraction of sp³-hybridized carbons (Fsp3) is 0.739.